The zero-order valence-electron chi connectivity index (χ0n) is 27.9. The fraction of sp³-hybridized carbons (Fsp3) is 0.143. The van der Waals surface area contributed by atoms with Crippen molar-refractivity contribution in [3.63, 3.8) is 0 Å². The minimum atomic E-state index is 0. The van der Waals surface area contributed by atoms with Gasteiger partial charge in [-0.15, -0.1) is 47.5 Å². The summed E-state index contributed by atoms with van der Waals surface area (Å²) in [4.78, 5) is 9.80. The number of imidazole rings is 2. The fourth-order valence-corrected chi connectivity index (χ4v) is 6.62. The van der Waals surface area contributed by atoms with Crippen LogP contribution in [0.15, 0.2) is 109 Å². The van der Waals surface area contributed by atoms with Gasteiger partial charge in [0.2, 0.25) is 0 Å². The molecule has 7 rings (SSSR count). The number of hydrogen-bond acceptors (Lipinski definition) is 3. The van der Waals surface area contributed by atoms with Crippen LogP contribution in [0.4, 0.5) is 0 Å². The standard InChI is InChI=1S/C42H36N4O.Pt/c1-27-22-28(2)42(29(3)23-27)46-31(5)41(44-32(46)6)35-17-13-19-37(25-35)47-36-18-12-16-34(24-36)40-30(4)45(26-43-40)39-21-11-10-20-38(39)33-14-8-7-9-15-33;/h7-23,26H,1-6H3;/q-2;+2. The van der Waals surface area contributed by atoms with Crippen LogP contribution < -0.4 is 4.74 Å². The van der Waals surface area contributed by atoms with E-state index in [-0.39, 0.29) is 21.1 Å². The Morgan fingerprint density at radius 2 is 1.23 bits per heavy atom. The van der Waals surface area contributed by atoms with Crippen molar-refractivity contribution in [1.29, 1.82) is 0 Å². The maximum Gasteiger partial charge on any atom is 2.00 e. The molecule has 0 radical (unpaired) electrons. The normalized spacial score (nSPS) is 11.0. The monoisotopic (exact) mass is 807 g/mol. The van der Waals surface area contributed by atoms with Gasteiger partial charge >= 0.3 is 21.1 Å². The van der Waals surface area contributed by atoms with Crippen molar-refractivity contribution in [3.05, 3.63) is 155 Å². The van der Waals surface area contributed by atoms with E-state index in [4.69, 9.17) is 14.7 Å². The first-order valence-electron chi connectivity index (χ1n) is 15.8. The molecular formula is C42H36N4OPt. The Labute approximate surface area is 297 Å². The van der Waals surface area contributed by atoms with Crippen LogP contribution in [-0.4, -0.2) is 19.1 Å². The minimum Gasteiger partial charge on any atom is -0.497 e. The predicted molar refractivity (Wildman–Crippen MR) is 190 cm³/mol. The molecule has 48 heavy (non-hydrogen) atoms. The molecule has 0 bridgehead atoms. The number of para-hydroxylation sites is 1. The van der Waals surface area contributed by atoms with Crippen molar-refractivity contribution in [2.24, 2.45) is 0 Å². The van der Waals surface area contributed by atoms with Crippen molar-refractivity contribution < 1.29 is 25.8 Å². The summed E-state index contributed by atoms with van der Waals surface area (Å²) in [6.07, 6.45) is 1.88. The molecule has 0 amide bonds. The molecule has 0 saturated heterocycles. The van der Waals surface area contributed by atoms with E-state index in [9.17, 15) is 0 Å². The fourth-order valence-electron chi connectivity index (χ4n) is 6.62. The zero-order chi connectivity index (χ0) is 32.7. The molecule has 0 fully saturated rings. The Kier molecular flexibility index (Phi) is 9.35. The third-order valence-electron chi connectivity index (χ3n) is 8.66. The second kappa shape index (κ2) is 13.6. The van der Waals surface area contributed by atoms with Gasteiger partial charge < -0.3 is 13.9 Å². The molecule has 2 heterocycles. The summed E-state index contributed by atoms with van der Waals surface area (Å²) >= 11 is 0. The number of rotatable bonds is 7. The van der Waals surface area contributed by atoms with E-state index in [0.717, 1.165) is 56.5 Å². The molecular weight excluding hydrogens is 772 g/mol. The summed E-state index contributed by atoms with van der Waals surface area (Å²) < 4.78 is 10.7. The molecule has 0 atom stereocenters. The molecule has 0 aliphatic rings. The molecule has 6 heteroatoms. The molecule has 0 unspecified atom stereocenters. The van der Waals surface area contributed by atoms with Crippen LogP contribution >= 0.6 is 0 Å². The maximum absolute atomic E-state index is 6.34. The Hall–Kier alpha value is -4.99. The number of nitrogens with zero attached hydrogens (tertiary/aromatic N) is 4. The van der Waals surface area contributed by atoms with Crippen molar-refractivity contribution in [2.75, 3.05) is 0 Å². The molecule has 5 nitrogen and oxygen atoms in total. The van der Waals surface area contributed by atoms with Gasteiger partial charge in [-0.3, -0.25) is 9.97 Å². The largest absolute Gasteiger partial charge is 2.00 e. The van der Waals surface area contributed by atoms with Gasteiger partial charge in [-0.2, -0.15) is 0 Å². The van der Waals surface area contributed by atoms with E-state index >= 15 is 0 Å². The summed E-state index contributed by atoms with van der Waals surface area (Å²) in [5.74, 6) is 2.14. The number of aromatic nitrogens is 4. The van der Waals surface area contributed by atoms with E-state index in [2.05, 4.69) is 123 Å². The molecule has 0 spiro atoms. The summed E-state index contributed by atoms with van der Waals surface area (Å²) in [6, 6.07) is 42.0. The SMILES string of the molecule is Cc1cc(C)c(-n2c(C)nc(-c3[c-]c(Oc4[c-]c(-c5ncn(-c6ccccc6-c6ccccc6)c5C)ccc4)ccc3)c2C)c(C)c1.[Pt+2]. The van der Waals surface area contributed by atoms with Gasteiger partial charge in [0, 0.05) is 39.8 Å². The van der Waals surface area contributed by atoms with Crippen LogP contribution in [0, 0.1) is 53.7 Å². The van der Waals surface area contributed by atoms with Crippen molar-refractivity contribution in [1.82, 2.24) is 19.1 Å². The van der Waals surface area contributed by atoms with Gasteiger partial charge in [0.25, 0.3) is 0 Å². The summed E-state index contributed by atoms with van der Waals surface area (Å²) in [7, 11) is 0. The second-order valence-corrected chi connectivity index (χ2v) is 12.1. The Balaban J connectivity index is 0.00000401. The molecule has 2 aromatic heterocycles. The molecule has 0 aliphatic heterocycles. The van der Waals surface area contributed by atoms with Gasteiger partial charge in [0.15, 0.2) is 0 Å². The summed E-state index contributed by atoms with van der Waals surface area (Å²) in [6.45, 7) is 12.7. The van der Waals surface area contributed by atoms with Gasteiger partial charge in [0.1, 0.15) is 0 Å². The molecule has 0 saturated carbocycles. The smallest absolute Gasteiger partial charge is 0.497 e. The third-order valence-corrected chi connectivity index (χ3v) is 8.66. The minimum absolute atomic E-state index is 0. The van der Waals surface area contributed by atoms with Crippen LogP contribution in [0.25, 0.3) is 45.0 Å². The van der Waals surface area contributed by atoms with Crippen LogP contribution in [-0.2, 0) is 21.1 Å². The maximum atomic E-state index is 6.34. The van der Waals surface area contributed by atoms with Gasteiger partial charge in [-0.1, -0.05) is 78.4 Å². The number of hydrogen-bond donors (Lipinski definition) is 0. The third kappa shape index (κ3) is 6.19. The van der Waals surface area contributed by atoms with E-state index in [0.29, 0.717) is 11.5 Å². The number of ether oxygens (including phenoxy) is 1. The summed E-state index contributed by atoms with van der Waals surface area (Å²) in [5.41, 5.74) is 13.9. The average Bonchev–Trinajstić information content (AvgIpc) is 3.59. The van der Waals surface area contributed by atoms with Gasteiger partial charge in [-0.25, -0.2) is 0 Å². The van der Waals surface area contributed by atoms with Crippen LogP contribution in [0.3, 0.4) is 0 Å². The molecule has 7 aromatic rings. The van der Waals surface area contributed by atoms with Crippen LogP contribution in [0.5, 0.6) is 11.5 Å². The van der Waals surface area contributed by atoms with Crippen molar-refractivity contribution in [2.45, 2.75) is 41.5 Å². The first-order chi connectivity index (χ1) is 22.8. The number of aryl methyl sites for hydroxylation is 4. The van der Waals surface area contributed by atoms with Crippen molar-refractivity contribution >= 4 is 0 Å². The van der Waals surface area contributed by atoms with Crippen LogP contribution in [0.1, 0.15) is 33.9 Å². The average molecular weight is 808 g/mol. The van der Waals surface area contributed by atoms with E-state index in [1.807, 2.05) is 48.8 Å². The number of benzene rings is 5. The summed E-state index contributed by atoms with van der Waals surface area (Å²) in [5, 5.41) is 0. The first kappa shape index (κ1) is 32.9. The van der Waals surface area contributed by atoms with Gasteiger partial charge in [0.05, 0.1) is 23.5 Å². The molecule has 5 aromatic carbocycles. The molecule has 240 valence electrons. The Bertz CT molecular complexity index is 2220. The second-order valence-electron chi connectivity index (χ2n) is 12.1. The molecule has 0 aliphatic carbocycles. The topological polar surface area (TPSA) is 44.9 Å². The first-order valence-corrected chi connectivity index (χ1v) is 15.8. The predicted octanol–water partition coefficient (Wildman–Crippen LogP) is 10.3. The van der Waals surface area contributed by atoms with Crippen LogP contribution in [0.2, 0.25) is 0 Å². The van der Waals surface area contributed by atoms with E-state index < -0.39 is 0 Å². The van der Waals surface area contributed by atoms with E-state index in [1.54, 1.807) is 0 Å². The Morgan fingerprint density at radius 1 is 0.625 bits per heavy atom. The quantitative estimate of drug-likeness (QED) is 0.151. The zero-order valence-corrected chi connectivity index (χ0v) is 30.2. The van der Waals surface area contributed by atoms with Gasteiger partial charge in [-0.05, 0) is 64.3 Å². The van der Waals surface area contributed by atoms with E-state index in [1.165, 1.54) is 22.4 Å². The Morgan fingerprint density at radius 3 is 1.90 bits per heavy atom. The molecule has 0 N–H and O–H groups in total. The van der Waals surface area contributed by atoms with Crippen molar-refractivity contribution in [3.8, 4) is 56.5 Å².